The van der Waals surface area contributed by atoms with Gasteiger partial charge >= 0.3 is 6.61 Å². The number of aromatic nitrogens is 1. The molecule has 5 nitrogen and oxygen atoms in total. The number of hydrogen-bond donors (Lipinski definition) is 2. The van der Waals surface area contributed by atoms with Crippen molar-refractivity contribution in [3.05, 3.63) is 65.9 Å². The largest absolute Gasteiger partial charge is 0.435 e. The van der Waals surface area contributed by atoms with Gasteiger partial charge in [0.1, 0.15) is 5.75 Å². The van der Waals surface area contributed by atoms with Crippen LogP contribution in [0.25, 0.3) is 10.9 Å². The summed E-state index contributed by atoms with van der Waals surface area (Å²) in [7, 11) is 0. The Balaban J connectivity index is 1.64. The minimum absolute atomic E-state index is 0.0602. The Labute approximate surface area is 135 Å². The van der Waals surface area contributed by atoms with Crippen molar-refractivity contribution in [2.75, 3.05) is 0 Å². The van der Waals surface area contributed by atoms with Crippen LogP contribution >= 0.6 is 0 Å². The fourth-order valence-electron chi connectivity index (χ4n) is 2.22. The minimum Gasteiger partial charge on any atom is -0.435 e. The first-order chi connectivity index (χ1) is 11.6. The summed E-state index contributed by atoms with van der Waals surface area (Å²) in [4.78, 5) is 15.1. The molecule has 24 heavy (non-hydrogen) atoms. The first kappa shape index (κ1) is 15.7. The molecule has 0 aliphatic rings. The molecule has 1 aromatic heterocycles. The van der Waals surface area contributed by atoms with Gasteiger partial charge < -0.3 is 9.72 Å². The van der Waals surface area contributed by atoms with Crippen LogP contribution in [0.1, 0.15) is 15.9 Å². The number of fused-ring (bicyclic) bond motifs is 1. The normalized spacial score (nSPS) is 11.3. The molecule has 0 aliphatic heterocycles. The number of rotatable bonds is 5. The van der Waals surface area contributed by atoms with E-state index in [1.807, 2.05) is 24.3 Å². The molecule has 0 saturated carbocycles. The van der Waals surface area contributed by atoms with E-state index in [0.717, 1.165) is 10.9 Å². The van der Waals surface area contributed by atoms with Crippen LogP contribution in [0, 0.1) is 0 Å². The van der Waals surface area contributed by atoms with Crippen LogP contribution in [-0.2, 0) is 0 Å². The highest BCUT2D eigenvalue weighted by molar-refractivity contribution is 6.06. The predicted molar refractivity (Wildman–Crippen MR) is 86.4 cm³/mol. The molecule has 0 saturated heterocycles. The van der Waals surface area contributed by atoms with E-state index >= 15 is 0 Å². The van der Waals surface area contributed by atoms with Crippen molar-refractivity contribution in [1.29, 1.82) is 0 Å². The number of hydrazone groups is 1. The Morgan fingerprint density at radius 2 is 1.92 bits per heavy atom. The van der Waals surface area contributed by atoms with Crippen molar-refractivity contribution < 1.29 is 18.3 Å². The maximum atomic E-state index is 12.1. The van der Waals surface area contributed by atoms with Crippen LogP contribution in [0.3, 0.4) is 0 Å². The Kier molecular flexibility index (Phi) is 4.51. The standard InChI is InChI=1S/C17H13F2N3O2/c18-17(19)24-12-7-5-11(6-8-12)9-21-22-16(23)14-10-20-15-4-2-1-3-13(14)15/h1-10,17,20H,(H,22,23). The first-order valence-electron chi connectivity index (χ1n) is 7.08. The number of carbonyl (C=O) groups excluding carboxylic acids is 1. The number of halogens is 2. The first-order valence-corrected chi connectivity index (χ1v) is 7.08. The van der Waals surface area contributed by atoms with Crippen LogP contribution in [0.2, 0.25) is 0 Å². The fraction of sp³-hybridized carbons (Fsp3) is 0.0588. The molecule has 0 aliphatic carbocycles. The average molecular weight is 329 g/mol. The van der Waals surface area contributed by atoms with E-state index in [0.29, 0.717) is 11.1 Å². The summed E-state index contributed by atoms with van der Waals surface area (Å²) < 4.78 is 28.4. The zero-order chi connectivity index (χ0) is 16.9. The highest BCUT2D eigenvalue weighted by Gasteiger charge is 2.10. The van der Waals surface area contributed by atoms with Crippen LogP contribution < -0.4 is 10.2 Å². The fourth-order valence-corrected chi connectivity index (χ4v) is 2.22. The van der Waals surface area contributed by atoms with Crippen molar-refractivity contribution >= 4 is 23.0 Å². The predicted octanol–water partition coefficient (Wildman–Crippen LogP) is 3.53. The molecular formula is C17H13F2N3O2. The number of nitrogens with zero attached hydrogens (tertiary/aromatic N) is 1. The average Bonchev–Trinajstić information content (AvgIpc) is 3.00. The molecular weight excluding hydrogens is 316 g/mol. The van der Waals surface area contributed by atoms with Gasteiger partial charge in [-0.15, -0.1) is 0 Å². The van der Waals surface area contributed by atoms with Crippen LogP contribution in [0.15, 0.2) is 59.8 Å². The van der Waals surface area contributed by atoms with Gasteiger partial charge in [0.2, 0.25) is 0 Å². The molecule has 1 amide bonds. The molecule has 3 aromatic rings. The summed E-state index contributed by atoms with van der Waals surface area (Å²) >= 11 is 0. The van der Waals surface area contributed by atoms with Gasteiger partial charge in [-0.2, -0.15) is 13.9 Å². The highest BCUT2D eigenvalue weighted by atomic mass is 19.3. The summed E-state index contributed by atoms with van der Waals surface area (Å²) in [6, 6.07) is 13.3. The number of alkyl halides is 2. The third-order valence-corrected chi connectivity index (χ3v) is 3.32. The number of aromatic amines is 1. The molecule has 122 valence electrons. The Morgan fingerprint density at radius 3 is 2.67 bits per heavy atom. The monoisotopic (exact) mass is 329 g/mol. The molecule has 0 radical (unpaired) electrons. The van der Waals surface area contributed by atoms with E-state index in [2.05, 4.69) is 20.2 Å². The van der Waals surface area contributed by atoms with E-state index in [-0.39, 0.29) is 11.7 Å². The number of benzene rings is 2. The van der Waals surface area contributed by atoms with Gasteiger partial charge in [-0.1, -0.05) is 18.2 Å². The zero-order valence-electron chi connectivity index (χ0n) is 12.4. The molecule has 1 heterocycles. The molecule has 0 atom stereocenters. The quantitative estimate of drug-likeness (QED) is 0.555. The molecule has 2 aromatic carbocycles. The third-order valence-electron chi connectivity index (χ3n) is 3.32. The van der Waals surface area contributed by atoms with Gasteiger partial charge in [0, 0.05) is 17.1 Å². The summed E-state index contributed by atoms with van der Waals surface area (Å²) in [6.07, 6.45) is 3.03. The van der Waals surface area contributed by atoms with E-state index in [9.17, 15) is 13.6 Å². The van der Waals surface area contributed by atoms with Crippen molar-refractivity contribution in [3.63, 3.8) is 0 Å². The highest BCUT2D eigenvalue weighted by Crippen LogP contribution is 2.17. The van der Waals surface area contributed by atoms with Crippen molar-refractivity contribution in [3.8, 4) is 5.75 Å². The number of amides is 1. The Hall–Kier alpha value is -3.22. The van der Waals surface area contributed by atoms with Crippen molar-refractivity contribution in [2.24, 2.45) is 5.10 Å². The van der Waals surface area contributed by atoms with Crippen LogP contribution in [-0.4, -0.2) is 23.7 Å². The van der Waals surface area contributed by atoms with E-state index in [4.69, 9.17) is 0 Å². The molecule has 0 fully saturated rings. The number of para-hydroxylation sites is 1. The molecule has 7 heteroatoms. The number of H-pyrrole nitrogens is 1. The minimum atomic E-state index is -2.86. The maximum Gasteiger partial charge on any atom is 0.387 e. The van der Waals surface area contributed by atoms with Crippen molar-refractivity contribution in [2.45, 2.75) is 6.61 Å². The van der Waals surface area contributed by atoms with Gasteiger partial charge in [-0.25, -0.2) is 5.43 Å². The second-order valence-electron chi connectivity index (χ2n) is 4.89. The van der Waals surface area contributed by atoms with Gasteiger partial charge in [-0.05, 0) is 35.9 Å². The summed E-state index contributed by atoms with van der Waals surface area (Å²) in [5.74, 6) is -0.286. The maximum absolute atomic E-state index is 12.1. The van der Waals surface area contributed by atoms with Crippen LogP contribution in [0.4, 0.5) is 8.78 Å². The molecule has 2 N–H and O–H groups in total. The topological polar surface area (TPSA) is 66.5 Å². The second-order valence-corrected chi connectivity index (χ2v) is 4.89. The Bertz CT molecular complexity index is 873. The van der Waals surface area contributed by atoms with Crippen LogP contribution in [0.5, 0.6) is 5.75 Å². The summed E-state index contributed by atoms with van der Waals surface area (Å²) in [5.41, 5.74) is 4.42. The van der Waals surface area contributed by atoms with Gasteiger partial charge in [-0.3, -0.25) is 4.79 Å². The SMILES string of the molecule is O=C(NN=Cc1ccc(OC(F)F)cc1)c1c[nH]c2ccccc12. The number of hydrogen-bond acceptors (Lipinski definition) is 3. The van der Waals surface area contributed by atoms with E-state index < -0.39 is 6.61 Å². The van der Waals surface area contributed by atoms with Gasteiger partial charge in [0.25, 0.3) is 5.91 Å². The number of ether oxygens (including phenoxy) is 1. The molecule has 3 rings (SSSR count). The molecule has 0 spiro atoms. The zero-order valence-corrected chi connectivity index (χ0v) is 12.4. The number of nitrogens with one attached hydrogen (secondary N) is 2. The van der Waals surface area contributed by atoms with Crippen molar-refractivity contribution in [1.82, 2.24) is 10.4 Å². The number of carbonyl (C=O) groups is 1. The van der Waals surface area contributed by atoms with E-state index in [1.54, 1.807) is 18.3 Å². The smallest absolute Gasteiger partial charge is 0.387 e. The third kappa shape index (κ3) is 3.57. The Morgan fingerprint density at radius 1 is 1.17 bits per heavy atom. The summed E-state index contributed by atoms with van der Waals surface area (Å²) in [5, 5.41) is 4.67. The lowest BCUT2D eigenvalue weighted by Crippen LogP contribution is -2.17. The van der Waals surface area contributed by atoms with Gasteiger partial charge in [0.05, 0.1) is 11.8 Å². The lowest BCUT2D eigenvalue weighted by atomic mass is 10.2. The second kappa shape index (κ2) is 6.91. The lowest BCUT2D eigenvalue weighted by Gasteiger charge is -2.03. The molecule has 0 unspecified atom stereocenters. The van der Waals surface area contributed by atoms with Gasteiger partial charge in [0.15, 0.2) is 0 Å². The molecule has 0 bridgehead atoms. The lowest BCUT2D eigenvalue weighted by molar-refractivity contribution is -0.0498. The summed E-state index contributed by atoms with van der Waals surface area (Å²) in [6.45, 7) is -2.86. The van der Waals surface area contributed by atoms with E-state index in [1.165, 1.54) is 18.3 Å².